The van der Waals surface area contributed by atoms with Gasteiger partial charge >= 0.3 is 20.3 Å². The van der Waals surface area contributed by atoms with Crippen LogP contribution in [-0.4, -0.2) is 89.8 Å². The van der Waals surface area contributed by atoms with Gasteiger partial charge in [0.15, 0.2) is 36.3 Å². The Kier molecular flexibility index (Phi) is 11.4. The van der Waals surface area contributed by atoms with Gasteiger partial charge in [0.1, 0.15) is 36.3 Å². The smallest absolute Gasteiger partial charge is 0.382 e. The molecule has 2 unspecified atom stereocenters. The van der Waals surface area contributed by atoms with Crippen molar-refractivity contribution in [1.82, 2.24) is 29.1 Å². The number of halogens is 2. The van der Waals surface area contributed by atoms with Gasteiger partial charge in [-0.05, 0) is 48.1 Å². The predicted molar refractivity (Wildman–Crippen MR) is 205 cm³/mol. The number of amides is 1. The molecule has 59 heavy (non-hydrogen) atoms. The minimum Gasteiger partial charge on any atom is -0.382 e. The number of benzene rings is 2. The van der Waals surface area contributed by atoms with Gasteiger partial charge < -0.3 is 25.4 Å². The second-order valence-corrected chi connectivity index (χ2v) is 19.0. The summed E-state index contributed by atoms with van der Waals surface area (Å²) in [5, 5.41) is 2.79. The molecule has 1 amide bonds. The number of rotatable bonds is 7. The molecule has 6 heterocycles. The summed E-state index contributed by atoms with van der Waals surface area (Å²) in [6.45, 7) is -4.58. The molecule has 8 rings (SSSR count). The number of ether oxygens (including phenoxy) is 2. The van der Waals surface area contributed by atoms with Gasteiger partial charge in [0, 0.05) is 29.3 Å². The van der Waals surface area contributed by atoms with Gasteiger partial charge in [-0.15, -0.1) is 0 Å². The Balaban J connectivity index is 1.09. The van der Waals surface area contributed by atoms with Crippen molar-refractivity contribution in [3.63, 3.8) is 0 Å². The molecule has 2 aromatic carbocycles. The van der Waals surface area contributed by atoms with Gasteiger partial charge in [0.05, 0.1) is 19.5 Å². The number of hydrogen-bond donors (Lipinski definition) is 4. The Hall–Kier alpha value is -4.67. The lowest BCUT2D eigenvalue weighted by Gasteiger charge is -2.27. The zero-order chi connectivity index (χ0) is 41.6. The van der Waals surface area contributed by atoms with E-state index in [-0.39, 0.29) is 28.6 Å². The maximum atomic E-state index is 16.4. The highest BCUT2D eigenvalue weighted by atomic mass is 32.7. The zero-order valence-corrected chi connectivity index (χ0v) is 33.1. The number of carbonyl (C=O) groups is 1. The second-order valence-electron chi connectivity index (χ2n) is 13.6. The number of hydrogen-bond acceptors (Lipinski definition) is 16. The van der Waals surface area contributed by atoms with Crippen LogP contribution in [0.2, 0.25) is 0 Å². The molecule has 3 fully saturated rings. The van der Waals surface area contributed by atoms with Gasteiger partial charge in [0.25, 0.3) is 11.5 Å². The summed E-state index contributed by atoms with van der Waals surface area (Å²) < 4.78 is 96.5. The van der Waals surface area contributed by atoms with E-state index >= 15 is 8.78 Å². The number of aromatic amines is 1. The zero-order valence-electron chi connectivity index (χ0n) is 30.5. The van der Waals surface area contributed by atoms with Gasteiger partial charge in [-0.25, -0.2) is 37.7 Å². The minimum absolute atomic E-state index is 0.0141. The van der Waals surface area contributed by atoms with E-state index in [1.165, 1.54) is 6.33 Å². The van der Waals surface area contributed by atoms with Crippen LogP contribution in [0.1, 0.15) is 33.9 Å². The summed E-state index contributed by atoms with van der Waals surface area (Å²) in [7, 11) is -5.25. The van der Waals surface area contributed by atoms with Crippen molar-refractivity contribution in [2.75, 3.05) is 24.3 Å². The molecule has 2 bridgehead atoms. The van der Waals surface area contributed by atoms with Crippen molar-refractivity contribution in [3.8, 4) is 0 Å². The van der Waals surface area contributed by atoms with Crippen molar-refractivity contribution in [1.29, 1.82) is 0 Å². The van der Waals surface area contributed by atoms with E-state index in [0.717, 1.165) is 33.3 Å². The number of H-pyrrole nitrogens is 1. The Morgan fingerprint density at radius 2 is 1.66 bits per heavy atom. The minimum atomic E-state index is -5.25. The number of nitrogen functional groups attached to an aromatic ring is 1. The quantitative estimate of drug-likeness (QED) is 0.169. The van der Waals surface area contributed by atoms with E-state index in [2.05, 4.69) is 20.3 Å². The maximum absolute atomic E-state index is 16.4. The summed E-state index contributed by atoms with van der Waals surface area (Å²) in [5.41, 5.74) is 6.69. The average molecular weight is 879 g/mol. The molecule has 3 aliphatic heterocycles. The highest BCUT2D eigenvalue weighted by molar-refractivity contribution is 8.54. The van der Waals surface area contributed by atoms with Crippen LogP contribution in [-0.2, 0) is 42.5 Å². The fourth-order valence-corrected chi connectivity index (χ4v) is 10.8. The fraction of sp³-hybridized carbons (Fsp3) is 0.353. The van der Waals surface area contributed by atoms with E-state index < -0.39 is 88.3 Å². The summed E-state index contributed by atoms with van der Waals surface area (Å²) >= 11 is 0.592. The molecule has 0 radical (unpaired) electrons. The van der Waals surface area contributed by atoms with Crippen molar-refractivity contribution in [3.05, 3.63) is 111 Å². The lowest BCUT2D eigenvalue weighted by molar-refractivity contribution is -0.0635. The number of fused-ring (bicyclic) bond motifs is 4. The molecule has 0 aliphatic carbocycles. The number of carbonyl (C=O) groups excluding carboxylic acids is 1. The lowest BCUT2D eigenvalue weighted by atomic mass is 10.1. The summed E-state index contributed by atoms with van der Waals surface area (Å²) in [6.07, 6.45) is -11.7. The maximum Gasteiger partial charge on any atom is 0.472 e. The van der Waals surface area contributed by atoms with E-state index in [1.807, 2.05) is 24.0 Å². The third kappa shape index (κ3) is 8.67. The number of aryl methyl sites for hydroxylation is 1. The number of anilines is 2. The summed E-state index contributed by atoms with van der Waals surface area (Å²) in [5.74, 6) is -0.454. The molecule has 0 saturated carbocycles. The molecule has 312 valence electrons. The molecule has 3 aromatic heterocycles. The molecule has 10 atom stereocenters. The van der Waals surface area contributed by atoms with E-state index in [4.69, 9.17) is 33.3 Å². The third-order valence-corrected chi connectivity index (χ3v) is 14.2. The molecule has 5 N–H and O–H groups in total. The van der Waals surface area contributed by atoms with Crippen molar-refractivity contribution >= 4 is 54.6 Å². The molecule has 3 saturated heterocycles. The van der Waals surface area contributed by atoms with Gasteiger partial charge in [-0.2, -0.15) is 0 Å². The number of aromatic nitrogens is 6. The highest BCUT2D eigenvalue weighted by Crippen LogP contribution is 2.65. The van der Waals surface area contributed by atoms with Gasteiger partial charge in [0.2, 0.25) is 0 Å². The number of nitrogens with one attached hydrogen (secondary N) is 2. The van der Waals surface area contributed by atoms with Crippen LogP contribution in [0.25, 0.3) is 11.2 Å². The summed E-state index contributed by atoms with van der Waals surface area (Å²) in [4.78, 5) is 62.3. The van der Waals surface area contributed by atoms with Crippen LogP contribution in [0.5, 0.6) is 0 Å². The number of phosphoric acid groups is 1. The SMILES string of the molecule is Cc1ccc(C(=O)Nc2ccc(CSP3(=O)OC[C@H]4O[C@@H](n5cnc6c(N)ncnc65)[C@H](F)[C@@H]4OP(=O)(O)OC[C@H]4O[C@@H](n5ccc(=O)[nH]c5=O)[C@H](O3)[C@@H]4F)cc2)cc1. The Morgan fingerprint density at radius 3 is 2.41 bits per heavy atom. The van der Waals surface area contributed by atoms with E-state index in [9.17, 15) is 28.4 Å². The normalized spacial score (nSPS) is 31.2. The van der Waals surface area contributed by atoms with Crippen LogP contribution in [0.3, 0.4) is 0 Å². The number of imidazole rings is 1. The van der Waals surface area contributed by atoms with Gasteiger partial charge in [-0.3, -0.25) is 41.8 Å². The Labute approximate surface area is 335 Å². The number of alkyl halides is 2. The fourth-order valence-electron chi connectivity index (χ4n) is 6.54. The van der Waals surface area contributed by atoms with E-state index in [1.54, 1.807) is 36.4 Å². The molecule has 25 heteroatoms. The van der Waals surface area contributed by atoms with Crippen LogP contribution in [0.15, 0.2) is 83.0 Å². The topological polar surface area (TPSA) is 263 Å². The third-order valence-electron chi connectivity index (χ3n) is 9.54. The largest absolute Gasteiger partial charge is 0.472 e. The first-order chi connectivity index (χ1) is 28.2. The average Bonchev–Trinajstić information content (AvgIpc) is 3.86. The van der Waals surface area contributed by atoms with E-state index in [0.29, 0.717) is 28.2 Å². The van der Waals surface area contributed by atoms with Crippen LogP contribution >= 0.6 is 26.0 Å². The number of nitrogens with zero attached hydrogens (tertiary/aromatic N) is 5. The van der Waals surface area contributed by atoms with Gasteiger partial charge in [-0.1, -0.05) is 29.8 Å². The second kappa shape index (κ2) is 16.4. The summed E-state index contributed by atoms with van der Waals surface area (Å²) in [6, 6.07) is 14.4. The standard InChI is InChI=1S/C34H34F2N8O12P2S/c1-17-2-6-19(7-3-17)31(46)41-20-8-4-18(5-9-20)14-59-58(50)52-13-22-27(25(36)32(54-22)44-16-40-26-29(37)38-15-39-30(26)44)55-57(48,49)51-12-21-24(35)28(56-58)33(53-21)43-11-10-23(45)42-34(43)47/h2-11,15-16,21-22,24-25,27-28,32-33H,12-14H2,1H3,(H,41,46)(H,48,49)(H2,37,38,39)(H,42,45,47)/t21-,22-,24-,25-,27-,28-,32-,33-,58?/m1/s1. The first-order valence-corrected chi connectivity index (χ1v) is 22.3. The van der Waals surface area contributed by atoms with Crippen LogP contribution in [0.4, 0.5) is 20.3 Å². The molecular weight excluding hydrogens is 844 g/mol. The monoisotopic (exact) mass is 878 g/mol. The Morgan fingerprint density at radius 1 is 0.932 bits per heavy atom. The van der Waals surface area contributed by atoms with Crippen molar-refractivity contribution in [2.24, 2.45) is 0 Å². The molecular formula is C34H34F2N8O12P2S. The molecule has 5 aromatic rings. The van der Waals surface area contributed by atoms with Crippen molar-refractivity contribution < 1.29 is 55.2 Å². The highest BCUT2D eigenvalue weighted by Gasteiger charge is 2.55. The Bertz CT molecular complexity index is 2580. The molecule has 3 aliphatic rings. The van der Waals surface area contributed by atoms with Crippen LogP contribution in [0, 0.1) is 6.92 Å². The molecule has 0 spiro atoms. The first kappa shape index (κ1) is 41.1. The predicted octanol–water partition coefficient (Wildman–Crippen LogP) is 3.95. The lowest BCUT2D eigenvalue weighted by Crippen LogP contribution is -2.37. The number of phosphoric ester groups is 1. The van der Waals surface area contributed by atoms with Crippen LogP contribution < -0.4 is 22.3 Å². The first-order valence-electron chi connectivity index (χ1n) is 17.7. The van der Waals surface area contributed by atoms with Crippen molar-refractivity contribution in [2.45, 2.75) is 61.9 Å². The molecule has 20 nitrogen and oxygen atoms in total. The number of nitrogens with two attached hydrogens (primary N) is 1.